The monoisotopic (exact) mass is 226 g/mol. The summed E-state index contributed by atoms with van der Waals surface area (Å²) in [4.78, 5) is 0. The predicted molar refractivity (Wildman–Crippen MR) is 59.6 cm³/mol. The molecule has 1 saturated carbocycles. The molecule has 0 heterocycles. The first-order chi connectivity index (χ1) is 8.19. The summed E-state index contributed by atoms with van der Waals surface area (Å²) in [6.45, 7) is 2.10. The maximum Gasteiger partial charge on any atom is 0.181 e. The SMILES string of the molecule is CCCCCCC1C(C#N)(C#N)C1(C#N)C#N. The van der Waals surface area contributed by atoms with E-state index in [0.29, 0.717) is 6.42 Å². The van der Waals surface area contributed by atoms with Gasteiger partial charge in [-0.2, -0.15) is 21.0 Å². The van der Waals surface area contributed by atoms with E-state index in [1.54, 1.807) is 0 Å². The van der Waals surface area contributed by atoms with Crippen LogP contribution >= 0.6 is 0 Å². The first-order valence-electron chi connectivity index (χ1n) is 5.84. The molecule has 0 unspecified atom stereocenters. The van der Waals surface area contributed by atoms with Crippen LogP contribution in [0.25, 0.3) is 0 Å². The average molecular weight is 226 g/mol. The standard InChI is InChI=1S/C13H14N4/c1-2-3-4-5-6-11-12(7-14,8-15)13(11,9-16)10-17/h11H,2-6H2,1H3. The smallest absolute Gasteiger partial charge is 0.181 e. The highest BCUT2D eigenvalue weighted by atomic mass is 14.8. The van der Waals surface area contributed by atoms with Gasteiger partial charge in [0.15, 0.2) is 10.8 Å². The Morgan fingerprint density at radius 2 is 1.29 bits per heavy atom. The van der Waals surface area contributed by atoms with Gasteiger partial charge >= 0.3 is 0 Å². The Labute approximate surface area is 102 Å². The van der Waals surface area contributed by atoms with E-state index in [2.05, 4.69) is 6.92 Å². The molecule has 0 aromatic rings. The fourth-order valence-corrected chi connectivity index (χ4v) is 2.47. The molecule has 0 radical (unpaired) electrons. The second-order valence-corrected chi connectivity index (χ2v) is 4.47. The minimum Gasteiger partial charge on any atom is -0.196 e. The van der Waals surface area contributed by atoms with Gasteiger partial charge in [0.1, 0.15) is 0 Å². The number of unbranched alkanes of at least 4 members (excludes halogenated alkanes) is 3. The molecule has 0 saturated heterocycles. The Balaban J connectivity index is 2.75. The largest absolute Gasteiger partial charge is 0.196 e. The Morgan fingerprint density at radius 1 is 0.824 bits per heavy atom. The zero-order chi connectivity index (χ0) is 12.9. The van der Waals surface area contributed by atoms with Crippen LogP contribution < -0.4 is 0 Å². The van der Waals surface area contributed by atoms with Crippen LogP contribution in [0.3, 0.4) is 0 Å². The van der Waals surface area contributed by atoms with E-state index in [9.17, 15) is 0 Å². The van der Waals surface area contributed by atoms with E-state index in [-0.39, 0.29) is 0 Å². The van der Waals surface area contributed by atoms with Crippen molar-refractivity contribution in [2.45, 2.75) is 39.0 Å². The van der Waals surface area contributed by atoms with Crippen molar-refractivity contribution in [3.8, 4) is 24.3 Å². The van der Waals surface area contributed by atoms with E-state index in [0.717, 1.165) is 25.7 Å². The highest BCUT2D eigenvalue weighted by Gasteiger charge is 2.80. The second kappa shape index (κ2) is 4.86. The molecule has 1 aliphatic rings. The van der Waals surface area contributed by atoms with Crippen LogP contribution in [-0.2, 0) is 0 Å². The molecule has 4 nitrogen and oxygen atoms in total. The van der Waals surface area contributed by atoms with Gasteiger partial charge in [0.05, 0.1) is 24.3 Å². The fourth-order valence-electron chi connectivity index (χ4n) is 2.47. The van der Waals surface area contributed by atoms with Gasteiger partial charge in [-0.1, -0.05) is 32.6 Å². The van der Waals surface area contributed by atoms with Crippen LogP contribution in [0, 0.1) is 62.1 Å². The summed E-state index contributed by atoms with van der Waals surface area (Å²) in [7, 11) is 0. The number of nitrogens with zero attached hydrogens (tertiary/aromatic N) is 4. The predicted octanol–water partition coefficient (Wildman–Crippen LogP) is 2.65. The molecule has 1 rings (SSSR count). The van der Waals surface area contributed by atoms with Crippen molar-refractivity contribution < 1.29 is 0 Å². The van der Waals surface area contributed by atoms with Crippen molar-refractivity contribution in [1.82, 2.24) is 0 Å². The van der Waals surface area contributed by atoms with Crippen LogP contribution in [-0.4, -0.2) is 0 Å². The van der Waals surface area contributed by atoms with Gasteiger partial charge in [-0.25, -0.2) is 0 Å². The van der Waals surface area contributed by atoms with Crippen molar-refractivity contribution in [1.29, 1.82) is 21.0 Å². The van der Waals surface area contributed by atoms with Gasteiger partial charge in [0, 0.05) is 5.92 Å². The highest BCUT2D eigenvalue weighted by molar-refractivity contribution is 5.50. The second-order valence-electron chi connectivity index (χ2n) is 4.47. The van der Waals surface area contributed by atoms with Crippen molar-refractivity contribution >= 4 is 0 Å². The minimum absolute atomic E-state index is 0.406. The maximum absolute atomic E-state index is 9.05. The normalized spacial score (nSPS) is 19.4. The zero-order valence-corrected chi connectivity index (χ0v) is 9.90. The summed E-state index contributed by atoms with van der Waals surface area (Å²) in [5.41, 5.74) is -2.80. The van der Waals surface area contributed by atoms with Crippen LogP contribution in [0.5, 0.6) is 0 Å². The lowest BCUT2D eigenvalue weighted by atomic mass is 9.98. The molecular formula is C13H14N4. The molecule has 17 heavy (non-hydrogen) atoms. The van der Waals surface area contributed by atoms with Gasteiger partial charge in [-0.3, -0.25) is 0 Å². The molecule has 1 aliphatic carbocycles. The van der Waals surface area contributed by atoms with Crippen molar-refractivity contribution in [3.63, 3.8) is 0 Å². The molecule has 0 bridgehead atoms. The lowest BCUT2D eigenvalue weighted by Crippen LogP contribution is -2.05. The molecule has 0 N–H and O–H groups in total. The summed E-state index contributed by atoms with van der Waals surface area (Å²) in [5.74, 6) is -0.406. The third kappa shape index (κ3) is 1.63. The molecular weight excluding hydrogens is 212 g/mol. The molecule has 86 valence electrons. The third-order valence-electron chi connectivity index (χ3n) is 3.64. The van der Waals surface area contributed by atoms with E-state index in [4.69, 9.17) is 21.0 Å². The summed E-state index contributed by atoms with van der Waals surface area (Å²) < 4.78 is 0. The van der Waals surface area contributed by atoms with Gasteiger partial charge in [0.25, 0.3) is 0 Å². The summed E-state index contributed by atoms with van der Waals surface area (Å²) in [6, 6.07) is 7.52. The fraction of sp³-hybridized carbons (Fsp3) is 0.692. The first kappa shape index (κ1) is 13.0. The van der Waals surface area contributed by atoms with E-state index < -0.39 is 16.7 Å². The molecule has 0 amide bonds. The molecule has 0 aromatic carbocycles. The minimum atomic E-state index is -1.40. The summed E-state index contributed by atoms with van der Waals surface area (Å²) in [5, 5.41) is 36.2. The van der Waals surface area contributed by atoms with E-state index in [1.165, 1.54) is 0 Å². The van der Waals surface area contributed by atoms with Crippen molar-refractivity contribution in [3.05, 3.63) is 0 Å². The van der Waals surface area contributed by atoms with Crippen molar-refractivity contribution in [2.24, 2.45) is 16.7 Å². The summed E-state index contributed by atoms with van der Waals surface area (Å²) in [6.07, 6.45) is 4.71. The molecule has 0 spiro atoms. The molecule has 1 fully saturated rings. The van der Waals surface area contributed by atoms with Gasteiger partial charge in [-0.05, 0) is 6.42 Å². The van der Waals surface area contributed by atoms with Crippen LogP contribution in [0.15, 0.2) is 0 Å². The zero-order valence-electron chi connectivity index (χ0n) is 9.90. The molecule has 4 heteroatoms. The van der Waals surface area contributed by atoms with Crippen LogP contribution in [0.1, 0.15) is 39.0 Å². The maximum atomic E-state index is 9.05. The summed E-state index contributed by atoms with van der Waals surface area (Å²) >= 11 is 0. The number of nitriles is 4. The van der Waals surface area contributed by atoms with Gasteiger partial charge < -0.3 is 0 Å². The molecule has 0 aromatic heterocycles. The first-order valence-corrected chi connectivity index (χ1v) is 5.84. The Morgan fingerprint density at radius 3 is 1.65 bits per heavy atom. The lowest BCUT2D eigenvalue weighted by molar-refractivity contribution is 0.555. The van der Waals surface area contributed by atoms with Crippen LogP contribution in [0.2, 0.25) is 0 Å². The molecule has 0 atom stereocenters. The van der Waals surface area contributed by atoms with Crippen molar-refractivity contribution in [2.75, 3.05) is 0 Å². The van der Waals surface area contributed by atoms with E-state index in [1.807, 2.05) is 24.3 Å². The number of hydrogen-bond acceptors (Lipinski definition) is 4. The van der Waals surface area contributed by atoms with Gasteiger partial charge in [-0.15, -0.1) is 0 Å². The lowest BCUT2D eigenvalue weighted by Gasteiger charge is -1.98. The Hall–Kier alpha value is -2.04. The highest BCUT2D eigenvalue weighted by Crippen LogP contribution is 2.69. The topological polar surface area (TPSA) is 95.2 Å². The Bertz CT molecular complexity index is 386. The number of hydrogen-bond donors (Lipinski definition) is 0. The molecule has 0 aliphatic heterocycles. The van der Waals surface area contributed by atoms with E-state index >= 15 is 0 Å². The average Bonchev–Trinajstić information content (AvgIpc) is 2.96. The quantitative estimate of drug-likeness (QED) is 0.673. The third-order valence-corrected chi connectivity index (χ3v) is 3.64. The Kier molecular flexibility index (Phi) is 3.73. The van der Waals surface area contributed by atoms with Gasteiger partial charge in [0.2, 0.25) is 0 Å². The van der Waals surface area contributed by atoms with Crippen LogP contribution in [0.4, 0.5) is 0 Å². The number of rotatable bonds is 5.